The summed E-state index contributed by atoms with van der Waals surface area (Å²) in [7, 11) is 0. The number of carbonyl (C=O) groups is 1. The summed E-state index contributed by atoms with van der Waals surface area (Å²) in [4.78, 5) is 23.6. The van der Waals surface area contributed by atoms with Gasteiger partial charge in [-0.2, -0.15) is 0 Å². The third-order valence-electron chi connectivity index (χ3n) is 3.62. The van der Waals surface area contributed by atoms with E-state index in [1.165, 1.54) is 6.07 Å². The molecule has 0 fully saturated rings. The third-order valence-corrected chi connectivity index (χ3v) is 3.62. The number of aromatic carboxylic acids is 1. The van der Waals surface area contributed by atoms with Crippen LogP contribution in [0.25, 0.3) is 0 Å². The summed E-state index contributed by atoms with van der Waals surface area (Å²) >= 11 is 0. The number of aromatic nitrogens is 1. The van der Waals surface area contributed by atoms with Gasteiger partial charge in [0.2, 0.25) is 0 Å². The number of nitrogens with zero attached hydrogens (tertiary/aromatic N) is 1. The van der Waals surface area contributed by atoms with Crippen LogP contribution in [0.4, 0.5) is 0 Å². The Kier molecular flexibility index (Phi) is 4.26. The van der Waals surface area contributed by atoms with Crippen molar-refractivity contribution in [3.05, 3.63) is 69.1 Å². The maximum Gasteiger partial charge on any atom is 0.341 e. The van der Waals surface area contributed by atoms with Crippen LogP contribution in [0.5, 0.6) is 0 Å². The van der Waals surface area contributed by atoms with Crippen LogP contribution in [0.15, 0.2) is 41.2 Å². The minimum Gasteiger partial charge on any atom is -0.477 e. The first-order valence-electron chi connectivity index (χ1n) is 6.93. The van der Waals surface area contributed by atoms with E-state index >= 15 is 0 Å². The Morgan fingerprint density at radius 1 is 1.19 bits per heavy atom. The molecule has 21 heavy (non-hydrogen) atoms. The summed E-state index contributed by atoms with van der Waals surface area (Å²) in [6, 6.07) is 10.9. The Hall–Kier alpha value is -2.36. The van der Waals surface area contributed by atoms with E-state index in [0.29, 0.717) is 6.54 Å². The predicted molar refractivity (Wildman–Crippen MR) is 82.0 cm³/mol. The molecule has 4 heteroatoms. The highest BCUT2D eigenvalue weighted by atomic mass is 16.4. The number of carboxylic acid groups (broad SMARTS) is 1. The molecule has 1 N–H and O–H groups in total. The van der Waals surface area contributed by atoms with Crippen molar-refractivity contribution in [2.75, 3.05) is 0 Å². The molecule has 1 aromatic carbocycles. The predicted octanol–water partition coefficient (Wildman–Crippen LogP) is 3.03. The SMILES string of the molecule is Cc1ccccc1Cn1c(C(C)C)ccc(C(=O)O)c1=O. The lowest BCUT2D eigenvalue weighted by molar-refractivity contribution is 0.0694. The molecule has 0 aliphatic carbocycles. The zero-order chi connectivity index (χ0) is 15.6. The van der Waals surface area contributed by atoms with Crippen molar-refractivity contribution in [3.63, 3.8) is 0 Å². The van der Waals surface area contributed by atoms with Gasteiger partial charge in [-0.3, -0.25) is 4.79 Å². The molecule has 0 spiro atoms. The van der Waals surface area contributed by atoms with E-state index in [1.807, 2.05) is 45.0 Å². The quantitative estimate of drug-likeness (QED) is 0.939. The average molecular weight is 285 g/mol. The van der Waals surface area contributed by atoms with Crippen molar-refractivity contribution in [1.29, 1.82) is 0 Å². The lowest BCUT2D eigenvalue weighted by Gasteiger charge is -2.17. The van der Waals surface area contributed by atoms with Crippen molar-refractivity contribution in [1.82, 2.24) is 4.57 Å². The summed E-state index contributed by atoms with van der Waals surface area (Å²) < 4.78 is 1.57. The van der Waals surface area contributed by atoms with Crippen LogP contribution in [0.2, 0.25) is 0 Å². The van der Waals surface area contributed by atoms with Crippen molar-refractivity contribution < 1.29 is 9.90 Å². The minimum absolute atomic E-state index is 0.143. The number of aryl methyl sites for hydroxylation is 1. The van der Waals surface area contributed by atoms with E-state index in [4.69, 9.17) is 5.11 Å². The highest BCUT2D eigenvalue weighted by molar-refractivity contribution is 5.87. The van der Waals surface area contributed by atoms with Crippen LogP contribution in [0.1, 0.15) is 46.9 Å². The summed E-state index contributed by atoms with van der Waals surface area (Å²) in [6.07, 6.45) is 0. The Morgan fingerprint density at radius 3 is 2.43 bits per heavy atom. The van der Waals surface area contributed by atoms with E-state index in [9.17, 15) is 9.59 Å². The van der Waals surface area contributed by atoms with Crippen LogP contribution in [-0.2, 0) is 6.54 Å². The molecule has 0 radical (unpaired) electrons. The number of rotatable bonds is 4. The Labute approximate surface area is 123 Å². The van der Waals surface area contributed by atoms with E-state index in [-0.39, 0.29) is 11.5 Å². The number of carboxylic acids is 1. The fraction of sp³-hybridized carbons (Fsp3) is 0.294. The number of hydrogen-bond acceptors (Lipinski definition) is 2. The standard InChI is InChI=1S/C17H19NO3/c1-11(2)15-9-8-14(17(20)21)16(19)18(15)10-13-7-5-4-6-12(13)3/h4-9,11H,10H2,1-3H3,(H,20,21). The Bertz CT molecular complexity index is 729. The monoisotopic (exact) mass is 285 g/mol. The molecule has 0 aliphatic rings. The lowest BCUT2D eigenvalue weighted by atomic mass is 10.1. The molecule has 2 rings (SSSR count). The van der Waals surface area contributed by atoms with Crippen LogP contribution in [-0.4, -0.2) is 15.6 Å². The van der Waals surface area contributed by atoms with Crippen LogP contribution in [0.3, 0.4) is 0 Å². The van der Waals surface area contributed by atoms with Gasteiger partial charge >= 0.3 is 5.97 Å². The highest BCUT2D eigenvalue weighted by Gasteiger charge is 2.16. The van der Waals surface area contributed by atoms with Crippen LogP contribution >= 0.6 is 0 Å². The second-order valence-corrected chi connectivity index (χ2v) is 5.45. The first kappa shape index (κ1) is 15.0. The summed E-state index contributed by atoms with van der Waals surface area (Å²) in [5.74, 6) is -1.04. The molecule has 0 saturated carbocycles. The minimum atomic E-state index is -1.19. The molecule has 0 saturated heterocycles. The molecule has 1 aromatic heterocycles. The largest absolute Gasteiger partial charge is 0.477 e. The van der Waals surface area contributed by atoms with Gasteiger partial charge in [0.05, 0.1) is 6.54 Å². The number of benzene rings is 1. The molecule has 2 aromatic rings. The molecule has 1 heterocycles. The third kappa shape index (κ3) is 3.05. The molecular weight excluding hydrogens is 266 g/mol. The normalized spacial score (nSPS) is 10.9. The van der Waals surface area contributed by atoms with Gasteiger partial charge in [-0.15, -0.1) is 0 Å². The van der Waals surface area contributed by atoms with E-state index in [0.717, 1.165) is 16.8 Å². The summed E-state index contributed by atoms with van der Waals surface area (Å²) in [5.41, 5.74) is 2.31. The molecule has 0 amide bonds. The maximum absolute atomic E-state index is 12.4. The number of pyridine rings is 1. The van der Waals surface area contributed by atoms with Gasteiger partial charge in [0.1, 0.15) is 5.56 Å². The van der Waals surface area contributed by atoms with E-state index in [1.54, 1.807) is 10.6 Å². The summed E-state index contributed by atoms with van der Waals surface area (Å²) in [6.45, 7) is 6.35. The van der Waals surface area contributed by atoms with Crippen molar-refractivity contribution in [2.24, 2.45) is 0 Å². The van der Waals surface area contributed by atoms with E-state index < -0.39 is 11.5 Å². The first-order valence-corrected chi connectivity index (χ1v) is 6.93. The van der Waals surface area contributed by atoms with Gasteiger partial charge in [0, 0.05) is 5.69 Å². The summed E-state index contributed by atoms with van der Waals surface area (Å²) in [5, 5.41) is 9.13. The smallest absolute Gasteiger partial charge is 0.341 e. The van der Waals surface area contributed by atoms with Gasteiger partial charge in [-0.1, -0.05) is 38.1 Å². The van der Waals surface area contributed by atoms with Crippen molar-refractivity contribution in [3.8, 4) is 0 Å². The second kappa shape index (κ2) is 5.95. The van der Waals surface area contributed by atoms with E-state index in [2.05, 4.69) is 0 Å². The molecule has 0 atom stereocenters. The zero-order valence-electron chi connectivity index (χ0n) is 12.5. The molecule has 0 bridgehead atoms. The van der Waals surface area contributed by atoms with Crippen molar-refractivity contribution in [2.45, 2.75) is 33.2 Å². The Morgan fingerprint density at radius 2 is 1.86 bits per heavy atom. The van der Waals surface area contributed by atoms with Gasteiger partial charge in [-0.25, -0.2) is 4.79 Å². The lowest BCUT2D eigenvalue weighted by Crippen LogP contribution is -2.29. The molecule has 4 nitrogen and oxygen atoms in total. The average Bonchev–Trinajstić information content (AvgIpc) is 2.42. The molecule has 110 valence electrons. The fourth-order valence-corrected chi connectivity index (χ4v) is 2.38. The molecular formula is C17H19NO3. The zero-order valence-corrected chi connectivity index (χ0v) is 12.5. The van der Waals surface area contributed by atoms with Gasteiger partial charge in [-0.05, 0) is 36.1 Å². The van der Waals surface area contributed by atoms with Gasteiger partial charge < -0.3 is 9.67 Å². The van der Waals surface area contributed by atoms with Gasteiger partial charge in [0.15, 0.2) is 0 Å². The highest BCUT2D eigenvalue weighted by Crippen LogP contribution is 2.16. The topological polar surface area (TPSA) is 59.3 Å². The Balaban J connectivity index is 2.60. The van der Waals surface area contributed by atoms with Crippen LogP contribution < -0.4 is 5.56 Å². The fourth-order valence-electron chi connectivity index (χ4n) is 2.38. The van der Waals surface area contributed by atoms with Crippen LogP contribution in [0, 0.1) is 6.92 Å². The number of hydrogen-bond donors (Lipinski definition) is 1. The molecule has 0 aliphatic heterocycles. The molecule has 0 unspecified atom stereocenters. The van der Waals surface area contributed by atoms with Gasteiger partial charge in [0.25, 0.3) is 5.56 Å². The second-order valence-electron chi connectivity index (χ2n) is 5.45. The first-order chi connectivity index (χ1) is 9.91. The van der Waals surface area contributed by atoms with Crippen molar-refractivity contribution >= 4 is 5.97 Å². The maximum atomic E-state index is 12.4.